The predicted octanol–water partition coefficient (Wildman–Crippen LogP) is 3.02. The molecule has 3 aliphatic rings. The number of benzene rings is 1. The summed E-state index contributed by atoms with van der Waals surface area (Å²) in [5.41, 5.74) is 4.09. The zero-order valence-electron chi connectivity index (χ0n) is 12.9. The van der Waals surface area contributed by atoms with Crippen molar-refractivity contribution in [2.45, 2.75) is 31.1 Å². The van der Waals surface area contributed by atoms with Gasteiger partial charge in [-0.3, -0.25) is 4.90 Å². The molecule has 0 amide bonds. The summed E-state index contributed by atoms with van der Waals surface area (Å²) in [6.07, 6.45) is 2.38. The van der Waals surface area contributed by atoms with Crippen LogP contribution in [0.4, 0.5) is 0 Å². The Kier molecular flexibility index (Phi) is 2.87. The van der Waals surface area contributed by atoms with E-state index in [4.69, 9.17) is 9.47 Å². The molecule has 0 unspecified atom stereocenters. The maximum Gasteiger partial charge on any atom is 0.166 e. The Bertz CT molecular complexity index is 704. The van der Waals surface area contributed by atoms with Gasteiger partial charge in [-0.1, -0.05) is 18.2 Å². The van der Waals surface area contributed by atoms with Crippen molar-refractivity contribution in [3.05, 3.63) is 35.5 Å². The highest BCUT2D eigenvalue weighted by Gasteiger charge is 2.46. The number of likely N-dealkylation sites (tertiary alicyclic amines) is 1. The predicted molar refractivity (Wildman–Crippen MR) is 84.8 cm³/mol. The Morgan fingerprint density at radius 3 is 2.86 bits per heavy atom. The van der Waals surface area contributed by atoms with Gasteiger partial charge in [0.1, 0.15) is 0 Å². The molecular formula is C18H22N2O2. The van der Waals surface area contributed by atoms with E-state index in [1.807, 2.05) is 0 Å². The fourth-order valence-electron chi connectivity index (χ4n) is 4.76. The van der Waals surface area contributed by atoms with Gasteiger partial charge in [-0.2, -0.15) is 0 Å². The number of aromatic nitrogens is 1. The Labute approximate surface area is 130 Å². The van der Waals surface area contributed by atoms with E-state index in [0.29, 0.717) is 17.9 Å². The summed E-state index contributed by atoms with van der Waals surface area (Å²) in [4.78, 5) is 6.22. The number of ether oxygens (including phenoxy) is 2. The first kappa shape index (κ1) is 13.1. The number of hydrogen-bond donors (Lipinski definition) is 1. The molecule has 116 valence electrons. The average molecular weight is 298 g/mol. The lowest BCUT2D eigenvalue weighted by atomic mass is 9.71. The van der Waals surface area contributed by atoms with Crippen molar-refractivity contribution >= 4 is 10.9 Å². The molecule has 5 rings (SSSR count). The molecule has 1 aromatic carbocycles. The number of nitrogens with one attached hydrogen (secondary N) is 1. The van der Waals surface area contributed by atoms with Crippen molar-refractivity contribution in [1.29, 1.82) is 0 Å². The van der Waals surface area contributed by atoms with Crippen LogP contribution in [0.15, 0.2) is 24.3 Å². The third-order valence-corrected chi connectivity index (χ3v) is 5.80. The lowest BCUT2D eigenvalue weighted by molar-refractivity contribution is -0.0872. The first-order valence-corrected chi connectivity index (χ1v) is 8.37. The van der Waals surface area contributed by atoms with Crippen LogP contribution in [0, 0.1) is 5.92 Å². The van der Waals surface area contributed by atoms with Crippen molar-refractivity contribution in [2.75, 3.05) is 26.8 Å². The normalized spacial score (nSPS) is 32.5. The molecular weight excluding hydrogens is 276 g/mol. The van der Waals surface area contributed by atoms with Crippen LogP contribution < -0.4 is 0 Å². The van der Waals surface area contributed by atoms with Crippen molar-refractivity contribution in [3.63, 3.8) is 0 Å². The molecule has 2 bridgehead atoms. The van der Waals surface area contributed by atoms with Gasteiger partial charge in [0, 0.05) is 22.6 Å². The zero-order valence-corrected chi connectivity index (χ0v) is 12.9. The Hall–Kier alpha value is -1.36. The zero-order chi connectivity index (χ0) is 14.7. The van der Waals surface area contributed by atoms with Gasteiger partial charge in [-0.25, -0.2) is 0 Å². The van der Waals surface area contributed by atoms with Gasteiger partial charge in [0.2, 0.25) is 0 Å². The smallest absolute Gasteiger partial charge is 0.166 e. The Morgan fingerprint density at radius 2 is 2.00 bits per heavy atom. The van der Waals surface area contributed by atoms with Crippen LogP contribution in [-0.4, -0.2) is 43.0 Å². The van der Waals surface area contributed by atoms with Crippen molar-refractivity contribution in [1.82, 2.24) is 9.88 Å². The first-order valence-electron chi connectivity index (χ1n) is 8.37. The van der Waals surface area contributed by atoms with E-state index < -0.39 is 0 Å². The van der Waals surface area contributed by atoms with E-state index in [1.54, 1.807) is 0 Å². The molecule has 1 N–H and O–H groups in total. The minimum Gasteiger partial charge on any atom is -0.358 e. The van der Waals surface area contributed by atoms with Gasteiger partial charge in [0.15, 0.2) is 6.29 Å². The number of fused-ring (bicyclic) bond motifs is 6. The average Bonchev–Trinajstić information content (AvgIpc) is 3.18. The van der Waals surface area contributed by atoms with E-state index in [9.17, 15) is 0 Å². The largest absolute Gasteiger partial charge is 0.358 e. The summed E-state index contributed by atoms with van der Waals surface area (Å²) in [5.74, 6) is 1.01. The van der Waals surface area contributed by atoms with Gasteiger partial charge >= 0.3 is 0 Å². The van der Waals surface area contributed by atoms with E-state index in [0.717, 1.165) is 19.8 Å². The topological polar surface area (TPSA) is 37.5 Å². The second-order valence-electron chi connectivity index (χ2n) is 6.91. The fraction of sp³-hybridized carbons (Fsp3) is 0.556. The summed E-state index contributed by atoms with van der Waals surface area (Å²) < 4.78 is 11.8. The van der Waals surface area contributed by atoms with E-state index in [1.165, 1.54) is 35.0 Å². The molecule has 4 heteroatoms. The van der Waals surface area contributed by atoms with Crippen LogP contribution in [0.1, 0.15) is 36.1 Å². The minimum atomic E-state index is -0.0684. The summed E-state index contributed by atoms with van der Waals surface area (Å²) >= 11 is 0. The van der Waals surface area contributed by atoms with Crippen molar-refractivity contribution in [3.8, 4) is 0 Å². The minimum absolute atomic E-state index is 0.0684. The lowest BCUT2D eigenvalue weighted by Gasteiger charge is -2.46. The summed E-state index contributed by atoms with van der Waals surface area (Å²) in [6.45, 7) is 2.62. The summed E-state index contributed by atoms with van der Waals surface area (Å²) in [5, 5.41) is 1.37. The monoisotopic (exact) mass is 298 g/mol. The lowest BCUT2D eigenvalue weighted by Crippen LogP contribution is -2.43. The number of rotatable bonds is 1. The Balaban J connectivity index is 1.72. The Morgan fingerprint density at radius 1 is 1.18 bits per heavy atom. The molecule has 2 aromatic rings. The van der Waals surface area contributed by atoms with Gasteiger partial charge in [0.25, 0.3) is 0 Å². The van der Waals surface area contributed by atoms with E-state index in [2.05, 4.69) is 41.2 Å². The van der Waals surface area contributed by atoms with Crippen LogP contribution in [0.2, 0.25) is 0 Å². The summed E-state index contributed by atoms with van der Waals surface area (Å²) in [7, 11) is 2.26. The number of piperidine rings is 1. The molecule has 0 saturated carbocycles. The van der Waals surface area contributed by atoms with Crippen molar-refractivity contribution < 1.29 is 9.47 Å². The molecule has 3 heterocycles. The molecule has 2 saturated heterocycles. The molecule has 22 heavy (non-hydrogen) atoms. The number of aromatic amines is 1. The number of para-hydroxylation sites is 1. The molecule has 4 nitrogen and oxygen atoms in total. The summed E-state index contributed by atoms with van der Waals surface area (Å²) in [6, 6.07) is 9.22. The highest BCUT2D eigenvalue weighted by molar-refractivity contribution is 5.85. The standard InChI is InChI=1S/C18H22N2O2/c1-20-7-6-11-10-14(20)16-12-4-2-3-5-13(12)19-17(16)15(11)18-21-8-9-22-18/h2-5,11,14-15,18-19H,6-10H2,1H3/t11-,14+,15+/m1/s1. The SMILES string of the molecule is CN1CC[C@@H]2C[C@H]1c1c([nH]c3ccccc13)[C@H]2C1OCCO1. The molecule has 1 aromatic heterocycles. The van der Waals surface area contributed by atoms with Gasteiger partial charge in [0.05, 0.1) is 19.1 Å². The molecule has 3 atom stereocenters. The third-order valence-electron chi connectivity index (χ3n) is 5.80. The van der Waals surface area contributed by atoms with E-state index in [-0.39, 0.29) is 6.29 Å². The highest BCUT2D eigenvalue weighted by atomic mass is 16.7. The number of hydrogen-bond acceptors (Lipinski definition) is 3. The van der Waals surface area contributed by atoms with Gasteiger partial charge in [-0.05, 0) is 44.0 Å². The molecule has 0 spiro atoms. The van der Waals surface area contributed by atoms with Gasteiger partial charge in [-0.15, -0.1) is 0 Å². The van der Waals surface area contributed by atoms with Crippen LogP contribution in [0.5, 0.6) is 0 Å². The molecule has 2 fully saturated rings. The second-order valence-corrected chi connectivity index (χ2v) is 6.91. The maximum absolute atomic E-state index is 5.91. The molecule has 2 aliphatic heterocycles. The fourth-order valence-corrected chi connectivity index (χ4v) is 4.76. The van der Waals surface area contributed by atoms with Crippen LogP contribution >= 0.6 is 0 Å². The van der Waals surface area contributed by atoms with Crippen LogP contribution in [-0.2, 0) is 9.47 Å². The van der Waals surface area contributed by atoms with Crippen LogP contribution in [0.25, 0.3) is 10.9 Å². The second kappa shape index (κ2) is 4.82. The quantitative estimate of drug-likeness (QED) is 0.879. The van der Waals surface area contributed by atoms with E-state index >= 15 is 0 Å². The number of nitrogens with zero attached hydrogens (tertiary/aromatic N) is 1. The first-order chi connectivity index (χ1) is 10.8. The maximum atomic E-state index is 5.91. The number of H-pyrrole nitrogens is 1. The van der Waals surface area contributed by atoms with Crippen molar-refractivity contribution in [2.24, 2.45) is 5.92 Å². The third kappa shape index (κ3) is 1.75. The highest BCUT2D eigenvalue weighted by Crippen LogP contribution is 2.52. The molecule has 1 aliphatic carbocycles. The van der Waals surface area contributed by atoms with Gasteiger partial charge < -0.3 is 14.5 Å². The van der Waals surface area contributed by atoms with Crippen LogP contribution in [0.3, 0.4) is 0 Å². The molecule has 0 radical (unpaired) electrons.